The van der Waals surface area contributed by atoms with E-state index in [4.69, 9.17) is 4.74 Å². The van der Waals surface area contributed by atoms with E-state index in [1.54, 1.807) is 29.2 Å². The van der Waals surface area contributed by atoms with E-state index in [9.17, 15) is 14.9 Å². The minimum absolute atomic E-state index is 0.251. The highest BCUT2D eigenvalue weighted by atomic mass is 32.1. The topological polar surface area (TPSA) is 82.4 Å². The van der Waals surface area contributed by atoms with Crippen molar-refractivity contribution >= 4 is 28.3 Å². The van der Waals surface area contributed by atoms with Gasteiger partial charge in [-0.05, 0) is 30.0 Å². The van der Waals surface area contributed by atoms with Crippen molar-refractivity contribution in [1.82, 2.24) is 4.90 Å². The van der Waals surface area contributed by atoms with Gasteiger partial charge in [-0.15, -0.1) is 11.3 Å². The molecule has 0 atom stereocenters. The maximum atomic E-state index is 12.4. The molecule has 0 unspecified atom stereocenters. The monoisotopic (exact) mass is 383 g/mol. The van der Waals surface area contributed by atoms with Crippen molar-refractivity contribution in [3.63, 3.8) is 0 Å². The van der Waals surface area contributed by atoms with E-state index in [-0.39, 0.29) is 17.9 Å². The number of benzene rings is 1. The van der Waals surface area contributed by atoms with E-state index in [0.717, 1.165) is 10.4 Å². The number of thiophene rings is 1. The van der Waals surface area contributed by atoms with E-state index >= 15 is 0 Å². The average molecular weight is 383 g/mol. The number of nitriles is 1. The van der Waals surface area contributed by atoms with E-state index < -0.39 is 0 Å². The Kier molecular flexibility index (Phi) is 5.77. The first-order chi connectivity index (χ1) is 13.0. The minimum Gasteiger partial charge on any atom is -0.449 e. The van der Waals surface area contributed by atoms with Crippen molar-refractivity contribution in [2.24, 2.45) is 5.92 Å². The smallest absolute Gasteiger partial charge is 0.410 e. The van der Waals surface area contributed by atoms with E-state index in [1.165, 1.54) is 11.3 Å². The van der Waals surface area contributed by atoms with Gasteiger partial charge in [-0.25, -0.2) is 4.79 Å². The molecule has 7 heteroatoms. The Morgan fingerprint density at radius 2 is 2.07 bits per heavy atom. The number of rotatable bonds is 4. The normalized spacial score (nSPS) is 13.0. The Balaban J connectivity index is 1.76. The van der Waals surface area contributed by atoms with Gasteiger partial charge in [0.05, 0.1) is 18.7 Å². The summed E-state index contributed by atoms with van der Waals surface area (Å²) < 4.78 is 5.30. The Labute approximate surface area is 162 Å². The SMILES string of the molecule is CC(C)COC(=O)N1CCc2c(sc(NC(=O)c3ccccc3)c2C#N)C1. The van der Waals surface area contributed by atoms with Crippen molar-refractivity contribution in [1.29, 1.82) is 5.26 Å². The molecule has 0 spiro atoms. The van der Waals surface area contributed by atoms with Crippen LogP contribution in [-0.2, 0) is 17.7 Å². The molecule has 27 heavy (non-hydrogen) atoms. The molecule has 0 saturated carbocycles. The summed E-state index contributed by atoms with van der Waals surface area (Å²) >= 11 is 1.35. The lowest BCUT2D eigenvalue weighted by Crippen LogP contribution is -2.36. The highest BCUT2D eigenvalue weighted by Gasteiger charge is 2.28. The highest BCUT2D eigenvalue weighted by Crippen LogP contribution is 2.37. The molecular weight excluding hydrogens is 362 g/mol. The van der Waals surface area contributed by atoms with Crippen LogP contribution in [0.15, 0.2) is 30.3 Å². The summed E-state index contributed by atoms with van der Waals surface area (Å²) in [5, 5.41) is 12.9. The zero-order valence-corrected chi connectivity index (χ0v) is 16.1. The first-order valence-corrected chi connectivity index (χ1v) is 9.64. The number of hydrogen-bond donors (Lipinski definition) is 1. The number of ether oxygens (including phenoxy) is 1. The fourth-order valence-corrected chi connectivity index (χ4v) is 4.07. The molecule has 1 N–H and O–H groups in total. The fraction of sp³-hybridized carbons (Fsp3) is 0.350. The number of amides is 2. The molecule has 1 aliphatic heterocycles. The predicted molar refractivity (Wildman–Crippen MR) is 104 cm³/mol. The second-order valence-corrected chi connectivity index (χ2v) is 7.89. The highest BCUT2D eigenvalue weighted by molar-refractivity contribution is 7.16. The van der Waals surface area contributed by atoms with Crippen LogP contribution in [0.25, 0.3) is 0 Å². The van der Waals surface area contributed by atoms with Crippen LogP contribution >= 0.6 is 11.3 Å². The quantitative estimate of drug-likeness (QED) is 0.864. The third-order valence-corrected chi connectivity index (χ3v) is 5.36. The molecule has 140 valence electrons. The van der Waals surface area contributed by atoms with Gasteiger partial charge < -0.3 is 15.0 Å². The van der Waals surface area contributed by atoms with Gasteiger partial charge in [-0.2, -0.15) is 5.26 Å². The van der Waals surface area contributed by atoms with Gasteiger partial charge in [0.2, 0.25) is 0 Å². The maximum Gasteiger partial charge on any atom is 0.410 e. The van der Waals surface area contributed by atoms with Gasteiger partial charge in [-0.3, -0.25) is 4.79 Å². The van der Waals surface area contributed by atoms with Crippen LogP contribution in [-0.4, -0.2) is 30.1 Å². The van der Waals surface area contributed by atoms with E-state index in [1.807, 2.05) is 19.9 Å². The maximum absolute atomic E-state index is 12.4. The molecule has 6 nitrogen and oxygen atoms in total. The number of hydrogen-bond acceptors (Lipinski definition) is 5. The van der Waals surface area contributed by atoms with Crippen molar-refractivity contribution in [3.05, 3.63) is 51.9 Å². The van der Waals surface area contributed by atoms with Crippen LogP contribution in [0.3, 0.4) is 0 Å². The molecule has 0 bridgehead atoms. The van der Waals surface area contributed by atoms with Gasteiger partial charge in [0.15, 0.2) is 0 Å². The number of nitrogens with one attached hydrogen (secondary N) is 1. The Morgan fingerprint density at radius 3 is 2.74 bits per heavy atom. The van der Waals surface area contributed by atoms with E-state index in [0.29, 0.717) is 42.2 Å². The standard InChI is InChI=1S/C20H21N3O3S/c1-13(2)12-26-20(25)23-9-8-15-16(10-21)19(27-17(15)11-23)22-18(24)14-6-4-3-5-7-14/h3-7,13H,8-9,11-12H2,1-2H3,(H,22,24). The number of carbonyl (C=O) groups excluding carboxylic acids is 2. The van der Waals surface area contributed by atoms with Crippen LogP contribution in [0.5, 0.6) is 0 Å². The van der Waals surface area contributed by atoms with Gasteiger partial charge in [0, 0.05) is 17.0 Å². The molecule has 0 aliphatic carbocycles. The summed E-state index contributed by atoms with van der Waals surface area (Å²) in [5.74, 6) is 0.0277. The van der Waals surface area contributed by atoms with Gasteiger partial charge in [0.25, 0.3) is 5.91 Å². The zero-order valence-electron chi connectivity index (χ0n) is 15.3. The van der Waals surface area contributed by atoms with Crippen LogP contribution in [0.4, 0.5) is 9.80 Å². The predicted octanol–water partition coefficient (Wildman–Crippen LogP) is 4.02. The fourth-order valence-electron chi connectivity index (χ4n) is 2.86. The molecule has 0 fully saturated rings. The first kappa shape index (κ1) is 18.9. The van der Waals surface area contributed by atoms with Gasteiger partial charge >= 0.3 is 6.09 Å². The Morgan fingerprint density at radius 1 is 1.33 bits per heavy atom. The molecule has 0 radical (unpaired) electrons. The zero-order chi connectivity index (χ0) is 19.4. The molecule has 1 aromatic heterocycles. The third-order valence-electron chi connectivity index (χ3n) is 4.23. The van der Waals surface area contributed by atoms with Crippen molar-refractivity contribution < 1.29 is 14.3 Å². The van der Waals surface area contributed by atoms with Crippen molar-refractivity contribution in [2.45, 2.75) is 26.8 Å². The molecule has 0 saturated heterocycles. The Bertz CT molecular complexity index is 884. The van der Waals surface area contributed by atoms with Crippen molar-refractivity contribution in [3.8, 4) is 6.07 Å². The molecular formula is C20H21N3O3S. The summed E-state index contributed by atoms with van der Waals surface area (Å²) in [4.78, 5) is 27.2. The number of nitrogens with zero attached hydrogens (tertiary/aromatic N) is 2. The van der Waals surface area contributed by atoms with Crippen LogP contribution in [0.2, 0.25) is 0 Å². The first-order valence-electron chi connectivity index (χ1n) is 8.82. The second kappa shape index (κ2) is 8.23. The van der Waals surface area contributed by atoms with E-state index in [2.05, 4.69) is 11.4 Å². The number of anilines is 1. The average Bonchev–Trinajstić information content (AvgIpc) is 3.02. The summed E-state index contributed by atoms with van der Waals surface area (Å²) in [6.07, 6.45) is 0.239. The minimum atomic E-state index is -0.337. The van der Waals surface area contributed by atoms with Crippen LogP contribution in [0, 0.1) is 17.2 Å². The molecule has 1 aliphatic rings. The van der Waals surface area contributed by atoms with Crippen LogP contribution in [0.1, 0.15) is 40.2 Å². The molecule has 1 aromatic carbocycles. The third kappa shape index (κ3) is 4.29. The van der Waals surface area contributed by atoms with Crippen LogP contribution < -0.4 is 5.32 Å². The lowest BCUT2D eigenvalue weighted by atomic mass is 10.0. The number of fused-ring (bicyclic) bond motifs is 1. The lowest BCUT2D eigenvalue weighted by Gasteiger charge is -2.26. The second-order valence-electron chi connectivity index (χ2n) is 6.78. The lowest BCUT2D eigenvalue weighted by molar-refractivity contribution is 0.0883. The summed E-state index contributed by atoms with van der Waals surface area (Å²) in [7, 11) is 0. The van der Waals surface area contributed by atoms with Gasteiger partial charge in [0.1, 0.15) is 11.1 Å². The molecule has 2 aromatic rings. The van der Waals surface area contributed by atoms with Crippen molar-refractivity contribution in [2.75, 3.05) is 18.5 Å². The number of carbonyl (C=O) groups is 2. The molecule has 3 rings (SSSR count). The summed E-state index contributed by atoms with van der Waals surface area (Å²) in [5.41, 5.74) is 1.94. The Hall–Kier alpha value is -2.85. The summed E-state index contributed by atoms with van der Waals surface area (Å²) in [6.45, 7) is 5.26. The summed E-state index contributed by atoms with van der Waals surface area (Å²) in [6, 6.07) is 11.1. The largest absolute Gasteiger partial charge is 0.449 e. The molecule has 2 amide bonds. The molecule has 2 heterocycles. The van der Waals surface area contributed by atoms with Gasteiger partial charge in [-0.1, -0.05) is 32.0 Å².